The van der Waals surface area contributed by atoms with E-state index in [2.05, 4.69) is 36.5 Å². The van der Waals surface area contributed by atoms with Crippen LogP contribution in [-0.2, 0) is 0 Å². The largest absolute Gasteiger partial charge is 0.377 e. The minimum Gasteiger partial charge on any atom is -0.377 e. The number of hydrogen-bond acceptors (Lipinski definition) is 2. The van der Waals surface area contributed by atoms with Crippen LogP contribution in [-0.4, -0.2) is 6.54 Å². The zero-order chi connectivity index (χ0) is 13.0. The molecule has 0 aliphatic carbocycles. The molecular weight excluding hydrogens is 244 g/mol. The van der Waals surface area contributed by atoms with E-state index in [4.69, 9.17) is 17.3 Å². The van der Waals surface area contributed by atoms with Gasteiger partial charge in [-0.25, -0.2) is 0 Å². The summed E-state index contributed by atoms with van der Waals surface area (Å²) in [6, 6.07) is 16.2. The monoisotopic (exact) mass is 260 g/mol. The third-order valence-corrected chi connectivity index (χ3v) is 3.12. The van der Waals surface area contributed by atoms with Crippen LogP contribution in [0.5, 0.6) is 0 Å². The molecule has 1 atom stereocenters. The molecule has 0 heterocycles. The molecule has 0 aliphatic rings. The summed E-state index contributed by atoms with van der Waals surface area (Å²) in [6.45, 7) is 2.63. The van der Waals surface area contributed by atoms with Crippen molar-refractivity contribution >= 4 is 17.3 Å². The summed E-state index contributed by atoms with van der Waals surface area (Å²) in [5, 5.41) is 4.15. The van der Waals surface area contributed by atoms with Crippen LogP contribution in [0.4, 0.5) is 5.69 Å². The fourth-order valence-corrected chi connectivity index (χ4v) is 2.04. The van der Waals surface area contributed by atoms with Crippen molar-refractivity contribution in [1.82, 2.24) is 0 Å². The maximum Gasteiger partial charge on any atom is 0.0636 e. The average molecular weight is 261 g/mol. The zero-order valence-electron chi connectivity index (χ0n) is 10.4. The van der Waals surface area contributed by atoms with Crippen LogP contribution in [0.2, 0.25) is 5.02 Å². The molecule has 0 spiro atoms. The third kappa shape index (κ3) is 3.25. The summed E-state index contributed by atoms with van der Waals surface area (Å²) in [5.74, 6) is 0. The Kier molecular flexibility index (Phi) is 4.24. The molecule has 0 radical (unpaired) electrons. The van der Waals surface area contributed by atoms with Gasteiger partial charge >= 0.3 is 0 Å². The molecule has 0 saturated carbocycles. The van der Waals surface area contributed by atoms with Crippen molar-refractivity contribution in [3.63, 3.8) is 0 Å². The van der Waals surface area contributed by atoms with Crippen molar-refractivity contribution in [2.24, 2.45) is 5.73 Å². The van der Waals surface area contributed by atoms with Gasteiger partial charge in [0.25, 0.3) is 0 Å². The van der Waals surface area contributed by atoms with E-state index in [-0.39, 0.29) is 6.04 Å². The average Bonchev–Trinajstić information content (AvgIpc) is 2.38. The number of nitrogens with one attached hydrogen (secondary N) is 1. The van der Waals surface area contributed by atoms with Gasteiger partial charge in [0.1, 0.15) is 0 Å². The lowest BCUT2D eigenvalue weighted by Gasteiger charge is -2.19. The van der Waals surface area contributed by atoms with Crippen molar-refractivity contribution in [2.45, 2.75) is 13.0 Å². The molecule has 3 N–H and O–H groups in total. The van der Waals surface area contributed by atoms with E-state index in [0.29, 0.717) is 6.54 Å². The Bertz CT molecular complexity index is 508. The molecule has 2 aromatic carbocycles. The first-order chi connectivity index (χ1) is 8.69. The second-order valence-corrected chi connectivity index (χ2v) is 4.79. The summed E-state index contributed by atoms with van der Waals surface area (Å²) in [6.07, 6.45) is 0. The summed E-state index contributed by atoms with van der Waals surface area (Å²) in [4.78, 5) is 0. The molecule has 2 nitrogen and oxygen atoms in total. The molecular formula is C15H17ClN2. The minimum absolute atomic E-state index is 0.117. The molecule has 94 valence electrons. The van der Waals surface area contributed by atoms with E-state index in [9.17, 15) is 0 Å². The van der Waals surface area contributed by atoms with Crippen molar-refractivity contribution < 1.29 is 0 Å². The number of halogens is 1. The van der Waals surface area contributed by atoms with Crippen LogP contribution < -0.4 is 11.1 Å². The number of anilines is 1. The Labute approximate surface area is 113 Å². The highest BCUT2D eigenvalue weighted by atomic mass is 35.5. The van der Waals surface area contributed by atoms with Gasteiger partial charge in [-0.2, -0.15) is 0 Å². The Balaban J connectivity index is 2.17. The fourth-order valence-electron chi connectivity index (χ4n) is 1.91. The number of nitrogens with two attached hydrogens (primary N) is 1. The molecule has 1 unspecified atom stereocenters. The van der Waals surface area contributed by atoms with Gasteiger partial charge in [-0.3, -0.25) is 0 Å². The Morgan fingerprint density at radius 2 is 1.89 bits per heavy atom. The molecule has 3 heteroatoms. The zero-order valence-corrected chi connectivity index (χ0v) is 11.1. The molecule has 0 saturated heterocycles. The lowest BCUT2D eigenvalue weighted by atomic mass is 10.0. The lowest BCUT2D eigenvalue weighted by Crippen LogP contribution is -2.20. The second-order valence-electron chi connectivity index (χ2n) is 4.35. The van der Waals surface area contributed by atoms with E-state index in [0.717, 1.165) is 10.7 Å². The highest BCUT2D eigenvalue weighted by molar-refractivity contribution is 6.30. The molecule has 0 bridgehead atoms. The number of rotatable bonds is 4. The third-order valence-electron chi connectivity index (χ3n) is 2.87. The van der Waals surface area contributed by atoms with Crippen LogP contribution in [0.1, 0.15) is 17.2 Å². The topological polar surface area (TPSA) is 38.0 Å². The van der Waals surface area contributed by atoms with Gasteiger partial charge in [-0.15, -0.1) is 0 Å². The highest BCUT2D eigenvalue weighted by Crippen LogP contribution is 2.21. The van der Waals surface area contributed by atoms with E-state index in [1.807, 2.05) is 24.3 Å². The molecule has 18 heavy (non-hydrogen) atoms. The van der Waals surface area contributed by atoms with Crippen LogP contribution in [0.15, 0.2) is 48.5 Å². The summed E-state index contributed by atoms with van der Waals surface area (Å²) < 4.78 is 0. The van der Waals surface area contributed by atoms with Crippen molar-refractivity contribution in [3.8, 4) is 0 Å². The molecule has 0 aliphatic heterocycles. The minimum atomic E-state index is 0.117. The standard InChI is InChI=1S/C15H17ClN2/c1-11-3-2-4-12(9-11)15(10-17)18-14-7-5-13(16)6-8-14/h2-9,15,18H,10,17H2,1H3. The van der Waals surface area contributed by atoms with E-state index in [1.165, 1.54) is 11.1 Å². The second kappa shape index (κ2) is 5.89. The van der Waals surface area contributed by atoms with Gasteiger partial charge in [-0.05, 0) is 36.8 Å². The van der Waals surface area contributed by atoms with E-state index in [1.54, 1.807) is 0 Å². The van der Waals surface area contributed by atoms with Crippen LogP contribution in [0.3, 0.4) is 0 Å². The Morgan fingerprint density at radius 1 is 1.17 bits per heavy atom. The molecule has 0 fully saturated rings. The normalized spacial score (nSPS) is 12.2. The maximum atomic E-state index is 5.87. The van der Waals surface area contributed by atoms with Crippen molar-refractivity contribution in [1.29, 1.82) is 0 Å². The predicted molar refractivity (Wildman–Crippen MR) is 78.0 cm³/mol. The van der Waals surface area contributed by atoms with Crippen LogP contribution in [0.25, 0.3) is 0 Å². The number of aryl methyl sites for hydroxylation is 1. The van der Waals surface area contributed by atoms with Crippen molar-refractivity contribution in [3.05, 3.63) is 64.7 Å². The van der Waals surface area contributed by atoms with Gasteiger partial charge in [0.05, 0.1) is 6.04 Å². The molecule has 0 amide bonds. The van der Waals surface area contributed by atoms with Crippen LogP contribution >= 0.6 is 11.6 Å². The van der Waals surface area contributed by atoms with Gasteiger partial charge in [0.15, 0.2) is 0 Å². The van der Waals surface area contributed by atoms with Gasteiger partial charge in [0, 0.05) is 17.3 Å². The summed E-state index contributed by atoms with van der Waals surface area (Å²) in [5.41, 5.74) is 9.31. The van der Waals surface area contributed by atoms with E-state index >= 15 is 0 Å². The first kappa shape index (κ1) is 12.9. The van der Waals surface area contributed by atoms with Crippen LogP contribution in [0, 0.1) is 6.92 Å². The number of benzene rings is 2. The summed E-state index contributed by atoms with van der Waals surface area (Å²) in [7, 11) is 0. The number of hydrogen-bond donors (Lipinski definition) is 2. The molecule has 2 rings (SSSR count). The Morgan fingerprint density at radius 3 is 2.50 bits per heavy atom. The quantitative estimate of drug-likeness (QED) is 0.878. The Hall–Kier alpha value is -1.51. The SMILES string of the molecule is Cc1cccc(C(CN)Nc2ccc(Cl)cc2)c1. The first-order valence-corrected chi connectivity index (χ1v) is 6.35. The molecule has 0 aromatic heterocycles. The van der Waals surface area contributed by atoms with Crippen molar-refractivity contribution in [2.75, 3.05) is 11.9 Å². The fraction of sp³-hybridized carbons (Fsp3) is 0.200. The van der Waals surface area contributed by atoms with E-state index < -0.39 is 0 Å². The highest BCUT2D eigenvalue weighted by Gasteiger charge is 2.09. The van der Waals surface area contributed by atoms with Gasteiger partial charge in [0.2, 0.25) is 0 Å². The first-order valence-electron chi connectivity index (χ1n) is 5.98. The van der Waals surface area contributed by atoms with Gasteiger partial charge < -0.3 is 11.1 Å². The smallest absolute Gasteiger partial charge is 0.0636 e. The van der Waals surface area contributed by atoms with Gasteiger partial charge in [-0.1, -0.05) is 41.4 Å². The summed E-state index contributed by atoms with van der Waals surface area (Å²) >= 11 is 5.87. The maximum absolute atomic E-state index is 5.87. The predicted octanol–water partition coefficient (Wildman–Crippen LogP) is 3.76. The molecule has 2 aromatic rings. The lowest BCUT2D eigenvalue weighted by molar-refractivity contribution is 0.789.